The van der Waals surface area contributed by atoms with E-state index in [2.05, 4.69) is 124 Å². The molecule has 25 heavy (non-hydrogen) atoms. The predicted molar refractivity (Wildman–Crippen MR) is 124 cm³/mol. The quantitative estimate of drug-likeness (QED) is 0.278. The summed E-state index contributed by atoms with van der Waals surface area (Å²) in [5, 5.41) is 0. The Kier molecular flexibility index (Phi) is 7.37. The third kappa shape index (κ3) is 6.36. The molecule has 7 heteroatoms. The second kappa shape index (κ2) is 9.51. The molecule has 0 atom stereocenters. The van der Waals surface area contributed by atoms with Crippen molar-refractivity contribution in [2.75, 3.05) is 0 Å². The monoisotopic (exact) mass is 668 g/mol. The molecule has 0 saturated heterocycles. The lowest BCUT2D eigenvalue weighted by Gasteiger charge is -2.21. The van der Waals surface area contributed by atoms with E-state index in [1.165, 1.54) is 0 Å². The molecule has 0 fully saturated rings. The summed E-state index contributed by atoms with van der Waals surface area (Å²) in [6.45, 7) is 2.28. The summed E-state index contributed by atoms with van der Waals surface area (Å²) in [6.07, 6.45) is 0. The van der Waals surface area contributed by atoms with Gasteiger partial charge in [0.25, 0.3) is 0 Å². The van der Waals surface area contributed by atoms with E-state index in [-0.39, 0.29) is 0 Å². The number of nitrogens with zero attached hydrogens (tertiary/aromatic N) is 4. The SMILES string of the molecule is Ic1cccc(CN(Cc2cccc(I)n2)Cc2cccc(I)n2)n1. The molecule has 3 rings (SSSR count). The van der Waals surface area contributed by atoms with Crippen LogP contribution in [-0.2, 0) is 19.6 Å². The predicted octanol–water partition coefficient (Wildman–Crippen LogP) is 4.89. The van der Waals surface area contributed by atoms with Gasteiger partial charge in [0.05, 0.1) is 17.1 Å². The Balaban J connectivity index is 1.82. The first-order valence-corrected chi connectivity index (χ1v) is 10.9. The van der Waals surface area contributed by atoms with Crippen molar-refractivity contribution in [3.8, 4) is 0 Å². The fourth-order valence-electron chi connectivity index (χ4n) is 2.47. The Labute approximate surface area is 188 Å². The Bertz CT molecular complexity index is 744. The molecule has 0 aromatic carbocycles. The Morgan fingerprint density at radius 2 is 0.880 bits per heavy atom. The molecule has 4 nitrogen and oxygen atoms in total. The zero-order valence-electron chi connectivity index (χ0n) is 13.2. The van der Waals surface area contributed by atoms with Crippen LogP contribution in [0.15, 0.2) is 54.6 Å². The van der Waals surface area contributed by atoms with E-state index in [0.29, 0.717) is 0 Å². The minimum Gasteiger partial charge on any atom is -0.286 e. The van der Waals surface area contributed by atoms with Gasteiger partial charge in [0, 0.05) is 19.6 Å². The number of hydrogen-bond acceptors (Lipinski definition) is 4. The van der Waals surface area contributed by atoms with Gasteiger partial charge in [-0.15, -0.1) is 0 Å². The van der Waals surface area contributed by atoms with Gasteiger partial charge in [0.2, 0.25) is 0 Å². The lowest BCUT2D eigenvalue weighted by Crippen LogP contribution is -2.24. The van der Waals surface area contributed by atoms with Crippen LogP contribution in [0.3, 0.4) is 0 Å². The highest BCUT2D eigenvalue weighted by Crippen LogP contribution is 2.14. The molecule has 0 aliphatic rings. The van der Waals surface area contributed by atoms with Crippen LogP contribution in [0.4, 0.5) is 0 Å². The summed E-state index contributed by atoms with van der Waals surface area (Å²) in [4.78, 5) is 16.2. The van der Waals surface area contributed by atoms with Crippen molar-refractivity contribution >= 4 is 67.8 Å². The van der Waals surface area contributed by atoms with Gasteiger partial charge >= 0.3 is 0 Å². The smallest absolute Gasteiger partial charge is 0.101 e. The first kappa shape index (κ1) is 19.4. The molecule has 0 radical (unpaired) electrons. The minimum atomic E-state index is 0.761. The van der Waals surface area contributed by atoms with Crippen LogP contribution in [0.2, 0.25) is 0 Å². The normalized spacial score (nSPS) is 11.0. The van der Waals surface area contributed by atoms with Gasteiger partial charge in [-0.3, -0.25) is 4.90 Å². The number of halogens is 3. The molecule has 3 heterocycles. The summed E-state index contributed by atoms with van der Waals surface area (Å²) in [5.41, 5.74) is 3.18. The second-order valence-corrected chi connectivity index (χ2v) is 8.82. The molecule has 0 amide bonds. The maximum absolute atomic E-state index is 4.63. The standard InChI is InChI=1S/C18H15I3N4/c19-16-7-1-4-13(22-16)10-25(11-14-5-2-8-17(20)23-14)12-15-6-3-9-18(21)24-15/h1-9H,10-12H2. The first-order valence-electron chi connectivity index (χ1n) is 7.65. The van der Waals surface area contributed by atoms with Crippen molar-refractivity contribution in [1.29, 1.82) is 0 Å². The molecule has 3 aromatic rings. The van der Waals surface area contributed by atoms with Gasteiger partial charge in [-0.25, -0.2) is 15.0 Å². The van der Waals surface area contributed by atoms with Gasteiger partial charge in [0.15, 0.2) is 0 Å². The molecule has 0 bridgehead atoms. The summed E-state index contributed by atoms with van der Waals surface area (Å²) in [5.74, 6) is 0. The maximum atomic E-state index is 4.63. The summed E-state index contributed by atoms with van der Waals surface area (Å²) >= 11 is 6.76. The van der Waals surface area contributed by atoms with Crippen molar-refractivity contribution in [2.45, 2.75) is 19.6 Å². The van der Waals surface area contributed by atoms with Crippen LogP contribution in [0, 0.1) is 11.1 Å². The first-order chi connectivity index (χ1) is 12.1. The zero-order chi connectivity index (χ0) is 17.6. The molecule has 0 unspecified atom stereocenters. The molecule has 128 valence electrons. The topological polar surface area (TPSA) is 41.9 Å². The second-order valence-electron chi connectivity index (χ2n) is 5.50. The van der Waals surface area contributed by atoms with Crippen molar-refractivity contribution in [2.24, 2.45) is 0 Å². The van der Waals surface area contributed by atoms with Crippen LogP contribution in [-0.4, -0.2) is 19.9 Å². The molecule has 0 saturated carbocycles. The molecular weight excluding hydrogens is 653 g/mol. The molecular formula is C18H15I3N4. The fraction of sp³-hybridized carbons (Fsp3) is 0.167. The Morgan fingerprint density at radius 3 is 1.16 bits per heavy atom. The van der Waals surface area contributed by atoms with Crippen LogP contribution in [0.25, 0.3) is 0 Å². The van der Waals surface area contributed by atoms with Crippen LogP contribution >= 0.6 is 67.8 Å². The minimum absolute atomic E-state index is 0.761. The summed E-state index contributed by atoms with van der Waals surface area (Å²) in [6, 6.07) is 18.4. The van der Waals surface area contributed by atoms with E-state index < -0.39 is 0 Å². The number of rotatable bonds is 6. The molecule has 0 aliphatic carbocycles. The lowest BCUT2D eigenvalue weighted by atomic mass is 10.2. The number of aromatic nitrogens is 3. The summed E-state index contributed by atoms with van der Waals surface area (Å²) < 4.78 is 3.03. The van der Waals surface area contributed by atoms with Crippen LogP contribution in [0.1, 0.15) is 17.1 Å². The molecule has 3 aromatic heterocycles. The highest BCUT2D eigenvalue weighted by atomic mass is 127. The van der Waals surface area contributed by atoms with Crippen molar-refractivity contribution < 1.29 is 0 Å². The van der Waals surface area contributed by atoms with Crippen molar-refractivity contribution in [3.05, 3.63) is 82.8 Å². The van der Waals surface area contributed by atoms with Gasteiger partial charge in [-0.2, -0.15) is 0 Å². The highest BCUT2D eigenvalue weighted by molar-refractivity contribution is 14.1. The summed E-state index contributed by atoms with van der Waals surface area (Å²) in [7, 11) is 0. The van der Waals surface area contributed by atoms with Gasteiger partial charge in [0.1, 0.15) is 11.1 Å². The van der Waals surface area contributed by atoms with E-state index >= 15 is 0 Å². The number of pyridine rings is 3. The van der Waals surface area contributed by atoms with E-state index in [9.17, 15) is 0 Å². The fourth-order valence-corrected chi connectivity index (χ4v) is 4.02. The van der Waals surface area contributed by atoms with E-state index in [4.69, 9.17) is 0 Å². The molecule has 0 aliphatic heterocycles. The zero-order valence-corrected chi connectivity index (χ0v) is 19.7. The van der Waals surface area contributed by atoms with Crippen LogP contribution < -0.4 is 0 Å². The van der Waals surface area contributed by atoms with Crippen molar-refractivity contribution in [3.63, 3.8) is 0 Å². The Morgan fingerprint density at radius 1 is 0.560 bits per heavy atom. The van der Waals surface area contributed by atoms with Gasteiger partial charge < -0.3 is 0 Å². The lowest BCUT2D eigenvalue weighted by molar-refractivity contribution is 0.238. The average Bonchev–Trinajstić information content (AvgIpc) is 2.55. The van der Waals surface area contributed by atoms with Crippen LogP contribution in [0.5, 0.6) is 0 Å². The van der Waals surface area contributed by atoms with E-state index in [0.717, 1.165) is 47.8 Å². The van der Waals surface area contributed by atoms with E-state index in [1.54, 1.807) is 0 Å². The van der Waals surface area contributed by atoms with Gasteiger partial charge in [-0.1, -0.05) is 18.2 Å². The van der Waals surface area contributed by atoms with Crippen molar-refractivity contribution in [1.82, 2.24) is 19.9 Å². The Hall–Kier alpha value is -0.400. The third-order valence-corrected chi connectivity index (χ3v) is 5.28. The maximum Gasteiger partial charge on any atom is 0.101 e. The third-order valence-electron chi connectivity index (χ3n) is 3.48. The molecule has 0 N–H and O–H groups in total. The largest absolute Gasteiger partial charge is 0.286 e. The average molecular weight is 668 g/mol. The van der Waals surface area contributed by atoms with Gasteiger partial charge in [-0.05, 0) is 104 Å². The van der Waals surface area contributed by atoms with E-state index in [1.807, 2.05) is 18.2 Å². The number of hydrogen-bond donors (Lipinski definition) is 0. The highest BCUT2D eigenvalue weighted by Gasteiger charge is 2.11. The molecule has 0 spiro atoms.